The summed E-state index contributed by atoms with van der Waals surface area (Å²) in [6.07, 6.45) is 1.85. The van der Waals surface area contributed by atoms with Crippen LogP contribution in [0.5, 0.6) is 0 Å². The van der Waals surface area contributed by atoms with E-state index in [9.17, 15) is 9.90 Å². The third-order valence-electron chi connectivity index (χ3n) is 4.26. The van der Waals surface area contributed by atoms with E-state index in [1.807, 2.05) is 18.2 Å². The van der Waals surface area contributed by atoms with Crippen molar-refractivity contribution < 1.29 is 15.0 Å². The van der Waals surface area contributed by atoms with Gasteiger partial charge in [-0.05, 0) is 36.7 Å². The minimum Gasteiger partial charge on any atom is -0.481 e. The maximum atomic E-state index is 10.8. The van der Waals surface area contributed by atoms with E-state index in [0.717, 1.165) is 6.42 Å². The topological polar surface area (TPSA) is 57.5 Å². The van der Waals surface area contributed by atoms with Crippen LogP contribution in [0.1, 0.15) is 30.7 Å². The predicted octanol–water partition coefficient (Wildman–Crippen LogP) is 2.02. The first-order valence-corrected chi connectivity index (χ1v) is 6.10. The fraction of sp³-hybridized carbons (Fsp3) is 0.500. The molecule has 2 unspecified atom stereocenters. The van der Waals surface area contributed by atoms with E-state index in [-0.39, 0.29) is 11.8 Å². The van der Waals surface area contributed by atoms with Gasteiger partial charge < -0.3 is 10.2 Å². The molecule has 2 aliphatic carbocycles. The van der Waals surface area contributed by atoms with Gasteiger partial charge in [0.05, 0.1) is 11.5 Å². The van der Waals surface area contributed by atoms with Gasteiger partial charge in [0.25, 0.3) is 0 Å². The first-order valence-electron chi connectivity index (χ1n) is 6.10. The van der Waals surface area contributed by atoms with Gasteiger partial charge in [-0.2, -0.15) is 0 Å². The van der Waals surface area contributed by atoms with E-state index in [1.54, 1.807) is 0 Å². The van der Waals surface area contributed by atoms with Crippen LogP contribution in [0, 0.1) is 11.8 Å². The molecule has 2 fully saturated rings. The van der Waals surface area contributed by atoms with Crippen molar-refractivity contribution in [3.8, 4) is 0 Å². The molecule has 90 valence electrons. The molecule has 0 bridgehead atoms. The Morgan fingerprint density at radius 2 is 1.88 bits per heavy atom. The third kappa shape index (κ3) is 1.75. The Bertz CT molecular complexity index is 434. The number of hydrogen-bond donors (Lipinski definition) is 2. The van der Waals surface area contributed by atoms with Gasteiger partial charge in [0.15, 0.2) is 0 Å². The van der Waals surface area contributed by atoms with Gasteiger partial charge in [-0.25, -0.2) is 0 Å². The largest absolute Gasteiger partial charge is 0.481 e. The first-order chi connectivity index (χ1) is 8.10. The molecule has 2 N–H and O–H groups in total. The van der Waals surface area contributed by atoms with Crippen molar-refractivity contribution in [2.24, 2.45) is 11.8 Å². The van der Waals surface area contributed by atoms with E-state index in [4.69, 9.17) is 5.11 Å². The highest BCUT2D eigenvalue weighted by Gasteiger charge is 2.59. The van der Waals surface area contributed by atoms with Crippen molar-refractivity contribution in [2.75, 3.05) is 0 Å². The number of hydrogen-bond acceptors (Lipinski definition) is 2. The minimum atomic E-state index is -0.772. The summed E-state index contributed by atoms with van der Waals surface area (Å²) in [6.45, 7) is 0. The van der Waals surface area contributed by atoms with E-state index in [2.05, 4.69) is 12.1 Å². The molecule has 2 saturated carbocycles. The van der Waals surface area contributed by atoms with Crippen molar-refractivity contribution in [3.63, 3.8) is 0 Å². The van der Waals surface area contributed by atoms with Gasteiger partial charge in [0.2, 0.25) is 0 Å². The van der Waals surface area contributed by atoms with E-state index < -0.39 is 11.6 Å². The number of aliphatic hydroxyl groups is 1. The molecule has 0 radical (unpaired) electrons. The van der Waals surface area contributed by atoms with Gasteiger partial charge in [0, 0.05) is 0 Å². The molecule has 0 aliphatic heterocycles. The molecule has 0 saturated heterocycles. The average Bonchev–Trinajstić information content (AvgIpc) is 3.06. The molecule has 0 amide bonds. The highest BCUT2D eigenvalue weighted by atomic mass is 16.4. The first kappa shape index (κ1) is 10.8. The molecule has 3 heteroatoms. The molecule has 2 atom stereocenters. The van der Waals surface area contributed by atoms with E-state index in [1.165, 1.54) is 5.56 Å². The molecule has 17 heavy (non-hydrogen) atoms. The molecular weight excluding hydrogens is 216 g/mol. The van der Waals surface area contributed by atoms with Crippen molar-refractivity contribution in [1.29, 1.82) is 0 Å². The summed E-state index contributed by atoms with van der Waals surface area (Å²) in [6, 6.07) is 10.2. The van der Waals surface area contributed by atoms with Crippen LogP contribution < -0.4 is 0 Å². The zero-order valence-corrected chi connectivity index (χ0v) is 9.54. The van der Waals surface area contributed by atoms with Crippen molar-refractivity contribution in [3.05, 3.63) is 35.9 Å². The van der Waals surface area contributed by atoms with E-state index in [0.29, 0.717) is 18.8 Å². The Kier molecular flexibility index (Phi) is 2.26. The molecule has 0 aromatic heterocycles. The van der Waals surface area contributed by atoms with Crippen LogP contribution in [-0.2, 0) is 4.79 Å². The Morgan fingerprint density at radius 1 is 1.24 bits per heavy atom. The summed E-state index contributed by atoms with van der Waals surface area (Å²) in [5.74, 6) is -0.417. The normalized spacial score (nSPS) is 39.5. The number of aliphatic carboxylic acids is 1. The predicted molar refractivity (Wildman–Crippen MR) is 62.6 cm³/mol. The average molecular weight is 232 g/mol. The summed E-state index contributed by atoms with van der Waals surface area (Å²) < 4.78 is 0. The van der Waals surface area contributed by atoms with Gasteiger partial charge in [0.1, 0.15) is 0 Å². The maximum absolute atomic E-state index is 10.8. The molecular formula is C14H16O3. The lowest BCUT2D eigenvalue weighted by atomic mass is 9.67. The molecule has 1 aromatic carbocycles. The number of carbonyl (C=O) groups is 1. The molecule has 0 heterocycles. The van der Waals surface area contributed by atoms with Gasteiger partial charge in [-0.1, -0.05) is 30.3 Å². The van der Waals surface area contributed by atoms with Gasteiger partial charge in [-0.3, -0.25) is 4.79 Å². The molecule has 3 nitrogen and oxygen atoms in total. The van der Waals surface area contributed by atoms with Crippen LogP contribution in [0.15, 0.2) is 30.3 Å². The lowest BCUT2D eigenvalue weighted by molar-refractivity contribution is -0.161. The lowest BCUT2D eigenvalue weighted by Crippen LogP contribution is -2.49. The summed E-state index contributed by atoms with van der Waals surface area (Å²) >= 11 is 0. The number of rotatable bonds is 3. The standard InChI is InChI=1S/C14H16O3/c15-13(16)10-7-14(17,8-10)12-6-11(12)9-4-2-1-3-5-9/h1-5,10-12,17H,6-8H2,(H,15,16). The second-order valence-electron chi connectivity index (χ2n) is 5.41. The highest BCUT2D eigenvalue weighted by molar-refractivity contribution is 5.71. The Hall–Kier alpha value is -1.35. The lowest BCUT2D eigenvalue weighted by Gasteiger charge is -2.42. The van der Waals surface area contributed by atoms with Crippen LogP contribution in [0.3, 0.4) is 0 Å². The quantitative estimate of drug-likeness (QED) is 0.838. The smallest absolute Gasteiger partial charge is 0.306 e. The number of carboxylic acids is 1. The number of benzene rings is 1. The van der Waals surface area contributed by atoms with Gasteiger partial charge >= 0.3 is 5.97 Å². The molecule has 3 rings (SSSR count). The third-order valence-corrected chi connectivity index (χ3v) is 4.26. The Balaban J connectivity index is 1.65. The van der Waals surface area contributed by atoms with E-state index >= 15 is 0 Å². The maximum Gasteiger partial charge on any atom is 0.306 e. The summed E-state index contributed by atoms with van der Waals surface area (Å²) in [4.78, 5) is 10.8. The van der Waals surface area contributed by atoms with Crippen molar-refractivity contribution in [2.45, 2.75) is 30.8 Å². The van der Waals surface area contributed by atoms with Crippen LogP contribution in [-0.4, -0.2) is 21.8 Å². The summed E-state index contributed by atoms with van der Waals surface area (Å²) in [7, 11) is 0. The van der Waals surface area contributed by atoms with Crippen LogP contribution in [0.2, 0.25) is 0 Å². The Labute approximate surface area is 100 Å². The second kappa shape index (κ2) is 3.57. The Morgan fingerprint density at radius 3 is 2.47 bits per heavy atom. The summed E-state index contributed by atoms with van der Waals surface area (Å²) in [5.41, 5.74) is 0.550. The molecule has 2 aliphatic rings. The van der Waals surface area contributed by atoms with Crippen molar-refractivity contribution >= 4 is 5.97 Å². The zero-order chi connectivity index (χ0) is 12.0. The molecule has 1 aromatic rings. The fourth-order valence-corrected chi connectivity index (χ4v) is 3.13. The molecule has 0 spiro atoms. The number of carboxylic acid groups (broad SMARTS) is 1. The zero-order valence-electron chi connectivity index (χ0n) is 9.54. The fourth-order valence-electron chi connectivity index (χ4n) is 3.13. The second-order valence-corrected chi connectivity index (χ2v) is 5.41. The highest BCUT2D eigenvalue weighted by Crippen LogP contribution is 2.60. The summed E-state index contributed by atoms with van der Waals surface area (Å²) in [5, 5.41) is 19.2. The van der Waals surface area contributed by atoms with Crippen molar-refractivity contribution in [1.82, 2.24) is 0 Å². The SMILES string of the molecule is O=C(O)C1CC(O)(C2CC2c2ccccc2)C1. The minimum absolute atomic E-state index is 0.264. The van der Waals surface area contributed by atoms with Crippen LogP contribution in [0.25, 0.3) is 0 Å². The monoisotopic (exact) mass is 232 g/mol. The van der Waals surface area contributed by atoms with Crippen LogP contribution >= 0.6 is 0 Å². The van der Waals surface area contributed by atoms with Crippen LogP contribution in [0.4, 0.5) is 0 Å². The van der Waals surface area contributed by atoms with Gasteiger partial charge in [-0.15, -0.1) is 0 Å².